The number of benzene rings is 1. The number of unbranched alkanes of at least 4 members (excludes halogenated alkanes) is 1. The number of rotatable bonds is 9. The fraction of sp³-hybridized carbons (Fsp3) is 0.471. The molecular formula is C17H24N2O3. The van der Waals surface area contributed by atoms with E-state index in [1.54, 1.807) is 0 Å². The van der Waals surface area contributed by atoms with Crippen molar-refractivity contribution in [2.45, 2.75) is 26.2 Å². The summed E-state index contributed by atoms with van der Waals surface area (Å²) in [6, 6.07) is 10.3. The van der Waals surface area contributed by atoms with Crippen molar-refractivity contribution < 1.29 is 14.9 Å². The van der Waals surface area contributed by atoms with Crippen LogP contribution < -0.4 is 4.74 Å². The largest absolute Gasteiger partial charge is 0.476 e. The summed E-state index contributed by atoms with van der Waals surface area (Å²) >= 11 is 0. The van der Waals surface area contributed by atoms with Crippen molar-refractivity contribution >= 4 is 10.8 Å². The van der Waals surface area contributed by atoms with Crippen molar-refractivity contribution in [3.8, 4) is 5.88 Å². The van der Waals surface area contributed by atoms with Gasteiger partial charge in [0.15, 0.2) is 0 Å². The van der Waals surface area contributed by atoms with Gasteiger partial charge >= 0.3 is 0 Å². The zero-order valence-electron chi connectivity index (χ0n) is 13.3. The molecule has 2 rings (SSSR count). The average Bonchev–Trinajstić information content (AvgIpc) is 2.53. The van der Waals surface area contributed by atoms with Crippen molar-refractivity contribution in [2.75, 3.05) is 26.9 Å². The van der Waals surface area contributed by atoms with Gasteiger partial charge in [0.25, 0.3) is 0 Å². The van der Waals surface area contributed by atoms with Crippen LogP contribution in [0.5, 0.6) is 5.88 Å². The van der Waals surface area contributed by atoms with Gasteiger partial charge in [-0.1, -0.05) is 31.5 Å². The number of ether oxygens (including phenoxy) is 1. The number of fused-ring (bicyclic) bond motifs is 1. The molecule has 0 fully saturated rings. The van der Waals surface area contributed by atoms with Gasteiger partial charge in [-0.2, -0.15) is 0 Å². The van der Waals surface area contributed by atoms with E-state index in [9.17, 15) is 0 Å². The lowest BCUT2D eigenvalue weighted by Gasteiger charge is -2.15. The van der Waals surface area contributed by atoms with E-state index >= 15 is 0 Å². The molecule has 0 saturated carbocycles. The van der Waals surface area contributed by atoms with Crippen molar-refractivity contribution in [3.63, 3.8) is 0 Å². The molecular weight excluding hydrogens is 280 g/mol. The summed E-state index contributed by atoms with van der Waals surface area (Å²) in [7, 11) is 1.85. The Morgan fingerprint density at radius 3 is 2.86 bits per heavy atom. The minimum atomic E-state index is 0.161. The predicted molar refractivity (Wildman–Crippen MR) is 87.1 cm³/mol. The zero-order valence-corrected chi connectivity index (χ0v) is 13.3. The zero-order chi connectivity index (χ0) is 15.8. The van der Waals surface area contributed by atoms with E-state index in [0.717, 1.165) is 35.7 Å². The van der Waals surface area contributed by atoms with Crippen LogP contribution in [0, 0.1) is 0 Å². The van der Waals surface area contributed by atoms with E-state index in [1.807, 2.05) is 30.1 Å². The van der Waals surface area contributed by atoms with Crippen LogP contribution in [-0.2, 0) is 11.3 Å². The first-order chi connectivity index (χ1) is 10.7. The molecule has 0 saturated heterocycles. The number of nitrogens with zero attached hydrogens (tertiary/aromatic N) is 2. The maximum atomic E-state index is 8.42. The highest BCUT2D eigenvalue weighted by molar-refractivity contribution is 5.87. The van der Waals surface area contributed by atoms with Gasteiger partial charge in [-0.05, 0) is 37.4 Å². The quantitative estimate of drug-likeness (QED) is 0.437. The molecule has 0 aliphatic carbocycles. The number of pyridine rings is 1. The van der Waals surface area contributed by atoms with Crippen LogP contribution in [0.1, 0.15) is 25.5 Å². The second kappa shape index (κ2) is 8.68. The summed E-state index contributed by atoms with van der Waals surface area (Å²) in [5.41, 5.74) is 1.07. The van der Waals surface area contributed by atoms with Gasteiger partial charge in [0, 0.05) is 17.6 Å². The highest BCUT2D eigenvalue weighted by Crippen LogP contribution is 2.25. The standard InChI is InChI=1S/C17H24N2O3/c1-3-4-8-15-12-14-7-5-6-9-16(14)17(18-15)21-11-10-19(2)13-22-20/h5-7,9,12,20H,3-4,8,10-11,13H2,1-2H3. The Kier molecular flexibility index (Phi) is 6.58. The smallest absolute Gasteiger partial charge is 0.221 e. The molecule has 0 bridgehead atoms. The Balaban J connectivity index is 2.12. The molecule has 1 heterocycles. The van der Waals surface area contributed by atoms with Crippen LogP contribution in [0.3, 0.4) is 0 Å². The molecule has 2 aromatic rings. The minimum absolute atomic E-state index is 0.161. The van der Waals surface area contributed by atoms with Crippen LogP contribution in [0.15, 0.2) is 30.3 Å². The van der Waals surface area contributed by atoms with Crippen LogP contribution in [-0.4, -0.2) is 42.1 Å². The van der Waals surface area contributed by atoms with E-state index in [2.05, 4.69) is 28.9 Å². The molecule has 0 aliphatic rings. The third kappa shape index (κ3) is 4.66. The molecule has 120 valence electrons. The van der Waals surface area contributed by atoms with Gasteiger partial charge in [-0.25, -0.2) is 9.87 Å². The molecule has 22 heavy (non-hydrogen) atoms. The molecule has 0 unspecified atom stereocenters. The molecule has 0 spiro atoms. The maximum Gasteiger partial charge on any atom is 0.221 e. The molecule has 1 N–H and O–H groups in total. The van der Waals surface area contributed by atoms with Crippen LogP contribution in [0.25, 0.3) is 10.8 Å². The number of likely N-dealkylation sites (N-methyl/N-ethyl adjacent to an activating group) is 1. The molecule has 1 aromatic heterocycles. The van der Waals surface area contributed by atoms with E-state index in [0.29, 0.717) is 19.0 Å². The second-order valence-electron chi connectivity index (χ2n) is 5.43. The highest BCUT2D eigenvalue weighted by atomic mass is 17.1. The number of aromatic nitrogens is 1. The topological polar surface area (TPSA) is 54.8 Å². The summed E-state index contributed by atoms with van der Waals surface area (Å²) in [5.74, 6) is 0.683. The number of hydrogen-bond acceptors (Lipinski definition) is 5. The van der Waals surface area contributed by atoms with Gasteiger partial charge in [0.1, 0.15) is 13.3 Å². The molecule has 0 radical (unpaired) electrons. The van der Waals surface area contributed by atoms with E-state index in [-0.39, 0.29) is 6.73 Å². The fourth-order valence-corrected chi connectivity index (χ4v) is 2.28. The first-order valence-corrected chi connectivity index (χ1v) is 7.71. The van der Waals surface area contributed by atoms with E-state index < -0.39 is 0 Å². The minimum Gasteiger partial charge on any atom is -0.476 e. The third-order valence-electron chi connectivity index (χ3n) is 3.53. The summed E-state index contributed by atoms with van der Waals surface area (Å²) < 4.78 is 5.87. The van der Waals surface area contributed by atoms with Crippen LogP contribution in [0.2, 0.25) is 0 Å². The molecule has 5 heteroatoms. The number of aryl methyl sites for hydroxylation is 1. The average molecular weight is 304 g/mol. The van der Waals surface area contributed by atoms with Crippen LogP contribution >= 0.6 is 0 Å². The van der Waals surface area contributed by atoms with Gasteiger partial charge < -0.3 is 4.74 Å². The predicted octanol–water partition coefficient (Wildman–Crippen LogP) is 3.34. The lowest BCUT2D eigenvalue weighted by molar-refractivity contribution is -0.267. The summed E-state index contributed by atoms with van der Waals surface area (Å²) in [6.45, 7) is 3.48. The Hall–Kier alpha value is -1.69. The lowest BCUT2D eigenvalue weighted by atomic mass is 10.1. The summed E-state index contributed by atoms with van der Waals surface area (Å²) in [5, 5.41) is 10.6. The molecule has 1 aromatic carbocycles. The first kappa shape index (κ1) is 16.7. The lowest BCUT2D eigenvalue weighted by Crippen LogP contribution is -2.26. The van der Waals surface area contributed by atoms with Crippen molar-refractivity contribution in [2.24, 2.45) is 0 Å². The van der Waals surface area contributed by atoms with Gasteiger partial charge in [-0.15, -0.1) is 0 Å². The van der Waals surface area contributed by atoms with Gasteiger partial charge in [0.05, 0.1) is 0 Å². The normalized spacial score (nSPS) is 11.3. The Morgan fingerprint density at radius 2 is 2.09 bits per heavy atom. The number of hydrogen-bond donors (Lipinski definition) is 1. The SMILES string of the molecule is CCCCc1cc2ccccc2c(OCCN(C)COO)n1. The fourth-order valence-electron chi connectivity index (χ4n) is 2.28. The molecule has 0 aliphatic heterocycles. The van der Waals surface area contributed by atoms with Gasteiger partial charge in [0.2, 0.25) is 5.88 Å². The van der Waals surface area contributed by atoms with Crippen molar-refractivity contribution in [1.29, 1.82) is 0 Å². The Bertz CT molecular complexity index is 589. The highest BCUT2D eigenvalue weighted by Gasteiger charge is 2.08. The Morgan fingerprint density at radius 1 is 1.27 bits per heavy atom. The molecule has 0 amide bonds. The maximum absolute atomic E-state index is 8.42. The second-order valence-corrected chi connectivity index (χ2v) is 5.43. The molecule has 0 atom stereocenters. The van der Waals surface area contributed by atoms with Crippen molar-refractivity contribution in [1.82, 2.24) is 9.88 Å². The van der Waals surface area contributed by atoms with E-state index in [4.69, 9.17) is 9.99 Å². The van der Waals surface area contributed by atoms with Crippen LogP contribution in [0.4, 0.5) is 0 Å². The van der Waals surface area contributed by atoms with E-state index in [1.165, 1.54) is 0 Å². The monoisotopic (exact) mass is 304 g/mol. The Labute approximate surface area is 131 Å². The molecule has 5 nitrogen and oxygen atoms in total. The first-order valence-electron chi connectivity index (χ1n) is 7.71. The van der Waals surface area contributed by atoms with Crippen molar-refractivity contribution in [3.05, 3.63) is 36.0 Å². The van der Waals surface area contributed by atoms with Gasteiger partial charge in [-0.3, -0.25) is 10.2 Å². The summed E-state index contributed by atoms with van der Waals surface area (Å²) in [6.07, 6.45) is 3.24. The summed E-state index contributed by atoms with van der Waals surface area (Å²) in [4.78, 5) is 10.6. The third-order valence-corrected chi connectivity index (χ3v) is 3.53.